The predicted octanol–water partition coefficient (Wildman–Crippen LogP) is 0.219. The van der Waals surface area contributed by atoms with Crippen LogP contribution < -0.4 is 5.32 Å². The van der Waals surface area contributed by atoms with Crippen LogP contribution >= 0.6 is 0 Å². The minimum atomic E-state index is -1.42. The van der Waals surface area contributed by atoms with Gasteiger partial charge in [-0.05, 0) is 30.5 Å². The van der Waals surface area contributed by atoms with Gasteiger partial charge in [0.25, 0.3) is 0 Å². The molecule has 0 bridgehead atoms. The summed E-state index contributed by atoms with van der Waals surface area (Å²) in [6, 6.07) is 5.98. The summed E-state index contributed by atoms with van der Waals surface area (Å²) in [5.41, 5.74) is -0.552. The molecule has 2 rings (SSSR count). The predicted molar refractivity (Wildman–Crippen MR) is 85.6 cm³/mol. The number of rotatable bonds is 5. The molecule has 7 heteroatoms. The van der Waals surface area contributed by atoms with Crippen molar-refractivity contribution in [2.45, 2.75) is 37.9 Å². The van der Waals surface area contributed by atoms with E-state index >= 15 is 0 Å². The van der Waals surface area contributed by atoms with Crippen LogP contribution in [0.25, 0.3) is 0 Å². The number of carbonyl (C=O) groups is 2. The fourth-order valence-corrected chi connectivity index (χ4v) is 2.74. The fraction of sp³-hybridized carbons (Fsp3) is 0.529. The van der Waals surface area contributed by atoms with Crippen molar-refractivity contribution >= 4 is 11.8 Å². The molecule has 1 heterocycles. The van der Waals surface area contributed by atoms with E-state index in [4.69, 9.17) is 0 Å². The van der Waals surface area contributed by atoms with Gasteiger partial charge in [-0.2, -0.15) is 0 Å². The van der Waals surface area contributed by atoms with Gasteiger partial charge in [0, 0.05) is 33.0 Å². The second-order valence-corrected chi connectivity index (χ2v) is 6.25. The van der Waals surface area contributed by atoms with Crippen LogP contribution in [0.4, 0.5) is 4.39 Å². The van der Waals surface area contributed by atoms with Crippen LogP contribution in [0.15, 0.2) is 24.3 Å². The lowest BCUT2D eigenvalue weighted by atomic mass is 9.88. The summed E-state index contributed by atoms with van der Waals surface area (Å²) in [5.74, 6) is -0.726. The van der Waals surface area contributed by atoms with E-state index in [1.807, 2.05) is 0 Å². The number of likely N-dealkylation sites (tertiary alicyclic amines) is 1. The van der Waals surface area contributed by atoms with Crippen LogP contribution in [0.2, 0.25) is 0 Å². The van der Waals surface area contributed by atoms with E-state index in [1.54, 1.807) is 12.1 Å². The maximum atomic E-state index is 12.9. The van der Waals surface area contributed by atoms with Gasteiger partial charge in [-0.25, -0.2) is 4.39 Å². The van der Waals surface area contributed by atoms with E-state index in [0.29, 0.717) is 13.0 Å². The lowest BCUT2D eigenvalue weighted by Crippen LogP contribution is -2.61. The summed E-state index contributed by atoms with van der Waals surface area (Å²) in [5, 5.41) is 23.0. The lowest BCUT2D eigenvalue weighted by Gasteiger charge is -2.42. The Morgan fingerprint density at radius 1 is 1.38 bits per heavy atom. The monoisotopic (exact) mass is 338 g/mol. The van der Waals surface area contributed by atoms with Crippen LogP contribution in [0.5, 0.6) is 0 Å². The fourth-order valence-electron chi connectivity index (χ4n) is 2.74. The van der Waals surface area contributed by atoms with Crippen molar-refractivity contribution in [2.24, 2.45) is 0 Å². The van der Waals surface area contributed by atoms with Gasteiger partial charge in [0.05, 0.1) is 0 Å². The molecule has 24 heavy (non-hydrogen) atoms. The van der Waals surface area contributed by atoms with Gasteiger partial charge in [0.1, 0.15) is 17.5 Å². The molecule has 3 N–H and O–H groups in total. The molecule has 2 amide bonds. The molecule has 0 aromatic heterocycles. The zero-order valence-corrected chi connectivity index (χ0v) is 13.7. The van der Waals surface area contributed by atoms with Crippen LogP contribution in [0, 0.1) is 5.82 Å². The van der Waals surface area contributed by atoms with Crippen LogP contribution in [-0.4, -0.2) is 58.3 Å². The summed E-state index contributed by atoms with van der Waals surface area (Å²) in [7, 11) is 0. The molecule has 1 aromatic rings. The van der Waals surface area contributed by atoms with Crippen LogP contribution in [0.3, 0.4) is 0 Å². The van der Waals surface area contributed by atoms with Gasteiger partial charge >= 0.3 is 0 Å². The number of carbonyl (C=O) groups excluding carboxylic acids is 2. The largest absolute Gasteiger partial charge is 0.388 e. The quantitative estimate of drug-likeness (QED) is 0.716. The summed E-state index contributed by atoms with van der Waals surface area (Å²) < 4.78 is 12.9. The minimum absolute atomic E-state index is 0.0261. The van der Waals surface area contributed by atoms with Crippen molar-refractivity contribution in [2.75, 3.05) is 19.6 Å². The van der Waals surface area contributed by atoms with E-state index in [0.717, 1.165) is 5.56 Å². The van der Waals surface area contributed by atoms with Crippen molar-refractivity contribution in [3.63, 3.8) is 0 Å². The van der Waals surface area contributed by atoms with Gasteiger partial charge < -0.3 is 20.4 Å². The maximum absolute atomic E-state index is 12.9. The summed E-state index contributed by atoms with van der Waals surface area (Å²) in [6.45, 7) is 1.64. The molecule has 1 aliphatic heterocycles. The zero-order valence-electron chi connectivity index (χ0n) is 13.7. The number of aliphatic hydroxyl groups excluding tert-OH is 1. The first-order valence-corrected chi connectivity index (χ1v) is 7.97. The minimum Gasteiger partial charge on any atom is -0.388 e. The molecule has 1 aromatic carbocycles. The Hall–Kier alpha value is -1.99. The number of piperidine rings is 1. The molecule has 1 saturated heterocycles. The second-order valence-electron chi connectivity index (χ2n) is 6.25. The number of amides is 2. The van der Waals surface area contributed by atoms with Gasteiger partial charge in [-0.15, -0.1) is 0 Å². The highest BCUT2D eigenvalue weighted by Crippen LogP contribution is 2.23. The molecule has 0 saturated carbocycles. The van der Waals surface area contributed by atoms with E-state index < -0.39 is 11.7 Å². The molecule has 0 spiro atoms. The molecule has 2 atom stereocenters. The van der Waals surface area contributed by atoms with Crippen LogP contribution in [-0.2, 0) is 16.0 Å². The van der Waals surface area contributed by atoms with Crippen molar-refractivity contribution < 1.29 is 24.2 Å². The van der Waals surface area contributed by atoms with Crippen molar-refractivity contribution in [3.8, 4) is 0 Å². The maximum Gasteiger partial charge on any atom is 0.222 e. The summed E-state index contributed by atoms with van der Waals surface area (Å²) in [6.07, 6.45) is -0.186. The summed E-state index contributed by atoms with van der Waals surface area (Å²) in [4.78, 5) is 24.7. The highest BCUT2D eigenvalue weighted by molar-refractivity contribution is 5.76. The number of nitrogens with one attached hydrogen (secondary N) is 1. The molecule has 6 nitrogen and oxygen atoms in total. The van der Waals surface area contributed by atoms with Crippen molar-refractivity contribution in [1.82, 2.24) is 10.2 Å². The molecule has 1 fully saturated rings. The number of aliphatic hydroxyl groups is 2. The Bertz CT molecular complexity index is 593. The first kappa shape index (κ1) is 18.4. The standard InChI is InChI=1S/C17H23FN2O4/c1-12(21)19-11-17(24)8-9-20(10-15(17)22)16(23)7-4-13-2-5-14(18)6-3-13/h2-3,5-6,15,22,24H,4,7-11H2,1H3,(H,19,21)/t15-,17-/m1/s1. The van der Waals surface area contributed by atoms with E-state index in [9.17, 15) is 24.2 Å². The third-order valence-electron chi connectivity index (χ3n) is 4.37. The SMILES string of the molecule is CC(=O)NC[C@]1(O)CCN(C(=O)CCc2ccc(F)cc2)C[C@H]1O. The highest BCUT2D eigenvalue weighted by atomic mass is 19.1. The van der Waals surface area contributed by atoms with E-state index in [-0.39, 0.29) is 43.6 Å². The Morgan fingerprint density at radius 2 is 2.04 bits per heavy atom. The highest BCUT2D eigenvalue weighted by Gasteiger charge is 2.41. The van der Waals surface area contributed by atoms with Crippen molar-refractivity contribution in [1.29, 1.82) is 0 Å². The number of hydrogen-bond donors (Lipinski definition) is 3. The summed E-state index contributed by atoms with van der Waals surface area (Å²) >= 11 is 0. The Kier molecular flexibility index (Phi) is 5.90. The topological polar surface area (TPSA) is 89.9 Å². The Balaban J connectivity index is 1.84. The van der Waals surface area contributed by atoms with E-state index in [2.05, 4.69) is 5.32 Å². The Morgan fingerprint density at radius 3 is 2.62 bits per heavy atom. The molecule has 132 valence electrons. The second kappa shape index (κ2) is 7.72. The number of β-amino-alcohol motifs (C(OH)–C–C–N with tert-alkyl or cyclic N) is 1. The average Bonchev–Trinajstić information content (AvgIpc) is 2.55. The molecular formula is C17H23FN2O4. The van der Waals surface area contributed by atoms with Gasteiger partial charge in [-0.3, -0.25) is 9.59 Å². The molecule has 0 unspecified atom stereocenters. The molecular weight excluding hydrogens is 315 g/mol. The van der Waals surface area contributed by atoms with Gasteiger partial charge in [0.2, 0.25) is 11.8 Å². The first-order chi connectivity index (χ1) is 11.3. The first-order valence-electron chi connectivity index (χ1n) is 7.97. The van der Waals surface area contributed by atoms with Crippen molar-refractivity contribution in [3.05, 3.63) is 35.6 Å². The molecule has 1 aliphatic rings. The van der Waals surface area contributed by atoms with Crippen LogP contribution in [0.1, 0.15) is 25.3 Å². The number of hydrogen-bond acceptors (Lipinski definition) is 4. The third kappa shape index (κ3) is 4.75. The number of halogens is 1. The zero-order chi connectivity index (χ0) is 17.7. The van der Waals surface area contributed by atoms with Gasteiger partial charge in [-0.1, -0.05) is 12.1 Å². The molecule has 0 radical (unpaired) electrons. The van der Waals surface area contributed by atoms with E-state index in [1.165, 1.54) is 24.0 Å². The lowest BCUT2D eigenvalue weighted by molar-refractivity contribution is -0.150. The number of benzene rings is 1. The number of aryl methyl sites for hydroxylation is 1. The smallest absolute Gasteiger partial charge is 0.222 e. The average molecular weight is 338 g/mol. The normalized spacial score (nSPS) is 23.8. The third-order valence-corrected chi connectivity index (χ3v) is 4.37. The molecule has 0 aliphatic carbocycles. The number of nitrogens with zero attached hydrogens (tertiary/aromatic N) is 1. The Labute approximate surface area is 140 Å². The van der Waals surface area contributed by atoms with Gasteiger partial charge in [0.15, 0.2) is 0 Å².